The van der Waals surface area contributed by atoms with Gasteiger partial charge >= 0.3 is 0 Å². The Morgan fingerprint density at radius 3 is 2.95 bits per heavy atom. The molecule has 3 rings (SSSR count). The number of likely N-dealkylation sites (tertiary alicyclic amines) is 1. The van der Waals surface area contributed by atoms with E-state index in [1.165, 1.54) is 12.8 Å². The first-order valence-electron chi connectivity index (χ1n) is 7.16. The minimum Gasteiger partial charge on any atom is -0.337 e. The van der Waals surface area contributed by atoms with Gasteiger partial charge in [0, 0.05) is 0 Å². The summed E-state index contributed by atoms with van der Waals surface area (Å²) in [5.74, 6) is 1.22. The summed E-state index contributed by atoms with van der Waals surface area (Å²) in [6, 6.07) is 4.01. The number of aromatic nitrogens is 4. The minimum absolute atomic E-state index is 0.244. The van der Waals surface area contributed by atoms with Gasteiger partial charge in [-0.1, -0.05) is 18.5 Å². The average Bonchev–Trinajstić information content (AvgIpc) is 2.97. The molecule has 2 aromatic rings. The molecule has 20 heavy (non-hydrogen) atoms. The summed E-state index contributed by atoms with van der Waals surface area (Å²) in [4.78, 5) is 6.90. The molecule has 106 valence electrons. The summed E-state index contributed by atoms with van der Waals surface area (Å²) in [5.41, 5.74) is 1.53. The Kier molecular flexibility index (Phi) is 3.73. The van der Waals surface area contributed by atoms with E-state index in [9.17, 15) is 0 Å². The predicted molar refractivity (Wildman–Crippen MR) is 73.9 cm³/mol. The van der Waals surface area contributed by atoms with E-state index < -0.39 is 0 Å². The van der Waals surface area contributed by atoms with Gasteiger partial charge in [-0.3, -0.25) is 4.90 Å². The molecule has 1 fully saturated rings. The van der Waals surface area contributed by atoms with Crippen LogP contribution in [0.4, 0.5) is 0 Å². The molecule has 0 aromatic carbocycles. The highest BCUT2D eigenvalue weighted by atomic mass is 16.5. The zero-order chi connectivity index (χ0) is 13.9. The Hall–Kier alpha value is -1.82. The quantitative estimate of drug-likeness (QED) is 0.855. The summed E-state index contributed by atoms with van der Waals surface area (Å²) < 4.78 is 5.45. The minimum atomic E-state index is 0.244. The van der Waals surface area contributed by atoms with Crippen LogP contribution in [-0.2, 0) is 0 Å². The van der Waals surface area contributed by atoms with Crippen molar-refractivity contribution in [1.29, 1.82) is 0 Å². The first-order chi connectivity index (χ1) is 9.78. The van der Waals surface area contributed by atoms with Gasteiger partial charge in [-0.2, -0.15) is 10.1 Å². The molecular weight excluding hydrogens is 254 g/mol. The Balaban J connectivity index is 1.84. The average molecular weight is 273 g/mol. The second-order valence-corrected chi connectivity index (χ2v) is 5.16. The molecule has 0 aliphatic carbocycles. The second kappa shape index (κ2) is 5.66. The Morgan fingerprint density at radius 2 is 2.20 bits per heavy atom. The number of aryl methyl sites for hydroxylation is 1. The first-order valence-corrected chi connectivity index (χ1v) is 7.16. The number of piperidine rings is 1. The predicted octanol–water partition coefficient (Wildman–Crippen LogP) is 2.38. The lowest BCUT2D eigenvalue weighted by Crippen LogP contribution is -2.33. The van der Waals surface area contributed by atoms with Crippen LogP contribution in [0.2, 0.25) is 0 Å². The highest BCUT2D eigenvalue weighted by Crippen LogP contribution is 2.30. The standard InChI is InChI=1S/C14H19N5O/c1-3-19-9-5-4-6-12(19)14-15-13(18-20-14)11-8-7-10(2)16-17-11/h7-8,12H,3-6,9H2,1-2H3/t12-/m0/s1. The topological polar surface area (TPSA) is 67.9 Å². The van der Waals surface area contributed by atoms with Crippen LogP contribution in [-0.4, -0.2) is 38.3 Å². The van der Waals surface area contributed by atoms with Gasteiger partial charge in [-0.05, 0) is 45.0 Å². The molecule has 1 atom stereocenters. The molecule has 1 aliphatic heterocycles. The van der Waals surface area contributed by atoms with Crippen molar-refractivity contribution in [2.45, 2.75) is 39.2 Å². The Labute approximate surface area is 118 Å². The van der Waals surface area contributed by atoms with Gasteiger partial charge in [0.15, 0.2) is 0 Å². The number of nitrogens with zero attached hydrogens (tertiary/aromatic N) is 5. The van der Waals surface area contributed by atoms with Crippen LogP contribution in [0.15, 0.2) is 16.7 Å². The molecule has 0 amide bonds. The maximum Gasteiger partial charge on any atom is 0.244 e. The van der Waals surface area contributed by atoms with E-state index in [4.69, 9.17) is 4.52 Å². The maximum atomic E-state index is 5.45. The Bertz CT molecular complexity index is 565. The van der Waals surface area contributed by atoms with E-state index in [-0.39, 0.29) is 6.04 Å². The molecule has 1 aliphatic rings. The van der Waals surface area contributed by atoms with E-state index in [2.05, 4.69) is 32.2 Å². The van der Waals surface area contributed by atoms with Gasteiger partial charge in [0.25, 0.3) is 0 Å². The molecule has 0 radical (unpaired) electrons. The van der Waals surface area contributed by atoms with E-state index in [1.54, 1.807) is 0 Å². The van der Waals surface area contributed by atoms with Crippen molar-refractivity contribution in [3.63, 3.8) is 0 Å². The van der Waals surface area contributed by atoms with Crippen molar-refractivity contribution < 1.29 is 4.52 Å². The summed E-state index contributed by atoms with van der Waals surface area (Å²) in [6.07, 6.45) is 3.53. The van der Waals surface area contributed by atoms with Crippen LogP contribution in [0.25, 0.3) is 11.5 Å². The first kappa shape index (κ1) is 13.2. The molecule has 6 nitrogen and oxygen atoms in total. The van der Waals surface area contributed by atoms with Gasteiger partial charge in [0.05, 0.1) is 11.7 Å². The monoisotopic (exact) mass is 273 g/mol. The zero-order valence-corrected chi connectivity index (χ0v) is 11.9. The summed E-state index contributed by atoms with van der Waals surface area (Å²) in [7, 11) is 0. The Morgan fingerprint density at radius 1 is 1.30 bits per heavy atom. The second-order valence-electron chi connectivity index (χ2n) is 5.16. The molecule has 2 aromatic heterocycles. The lowest BCUT2D eigenvalue weighted by molar-refractivity contribution is 0.125. The van der Waals surface area contributed by atoms with E-state index in [1.807, 2.05) is 19.1 Å². The van der Waals surface area contributed by atoms with E-state index in [0.29, 0.717) is 17.4 Å². The lowest BCUT2D eigenvalue weighted by atomic mass is 10.0. The molecule has 0 bridgehead atoms. The van der Waals surface area contributed by atoms with Crippen LogP contribution >= 0.6 is 0 Å². The molecule has 1 saturated heterocycles. The molecule has 0 saturated carbocycles. The smallest absolute Gasteiger partial charge is 0.244 e. The van der Waals surface area contributed by atoms with Gasteiger partial charge in [0.2, 0.25) is 11.7 Å². The van der Waals surface area contributed by atoms with Crippen molar-refractivity contribution in [3.05, 3.63) is 23.7 Å². The van der Waals surface area contributed by atoms with Gasteiger partial charge in [-0.25, -0.2) is 0 Å². The van der Waals surface area contributed by atoms with Gasteiger partial charge < -0.3 is 4.52 Å². The maximum absolute atomic E-state index is 5.45. The molecule has 3 heterocycles. The number of rotatable bonds is 3. The molecule has 0 N–H and O–H groups in total. The van der Waals surface area contributed by atoms with Crippen molar-refractivity contribution in [2.75, 3.05) is 13.1 Å². The van der Waals surface area contributed by atoms with Gasteiger partial charge in [0.1, 0.15) is 5.69 Å². The lowest BCUT2D eigenvalue weighted by Gasteiger charge is -2.32. The third kappa shape index (κ3) is 2.56. The van der Waals surface area contributed by atoms with Crippen molar-refractivity contribution in [3.8, 4) is 11.5 Å². The third-order valence-electron chi connectivity index (χ3n) is 3.77. The molecular formula is C14H19N5O. The van der Waals surface area contributed by atoms with E-state index >= 15 is 0 Å². The summed E-state index contributed by atoms with van der Waals surface area (Å²) in [5, 5.41) is 12.2. The fourth-order valence-corrected chi connectivity index (χ4v) is 2.64. The largest absolute Gasteiger partial charge is 0.337 e. The van der Waals surface area contributed by atoms with E-state index in [0.717, 1.165) is 25.2 Å². The van der Waals surface area contributed by atoms with Crippen molar-refractivity contribution in [1.82, 2.24) is 25.2 Å². The zero-order valence-electron chi connectivity index (χ0n) is 11.9. The summed E-state index contributed by atoms with van der Waals surface area (Å²) >= 11 is 0. The molecule has 0 spiro atoms. The SMILES string of the molecule is CCN1CCCC[C@H]1c1nc(-c2ccc(C)nn2)no1. The fourth-order valence-electron chi connectivity index (χ4n) is 2.64. The highest BCUT2D eigenvalue weighted by molar-refractivity contribution is 5.46. The molecule has 0 unspecified atom stereocenters. The van der Waals surface area contributed by atoms with Crippen LogP contribution in [0.5, 0.6) is 0 Å². The van der Waals surface area contributed by atoms with Crippen molar-refractivity contribution in [2.24, 2.45) is 0 Å². The van der Waals surface area contributed by atoms with Gasteiger partial charge in [-0.15, -0.1) is 5.10 Å². The fraction of sp³-hybridized carbons (Fsp3) is 0.571. The van der Waals surface area contributed by atoms with Crippen LogP contribution in [0.3, 0.4) is 0 Å². The van der Waals surface area contributed by atoms with Crippen LogP contribution in [0.1, 0.15) is 43.8 Å². The number of hydrogen-bond donors (Lipinski definition) is 0. The van der Waals surface area contributed by atoms with Crippen LogP contribution < -0.4 is 0 Å². The normalized spacial score (nSPS) is 20.2. The number of hydrogen-bond acceptors (Lipinski definition) is 6. The highest BCUT2D eigenvalue weighted by Gasteiger charge is 2.27. The van der Waals surface area contributed by atoms with Crippen molar-refractivity contribution >= 4 is 0 Å². The third-order valence-corrected chi connectivity index (χ3v) is 3.77. The molecule has 6 heteroatoms. The summed E-state index contributed by atoms with van der Waals surface area (Å²) in [6.45, 7) is 6.18. The van der Waals surface area contributed by atoms with Crippen LogP contribution in [0, 0.1) is 6.92 Å².